The Bertz CT molecular complexity index is 3840. The third-order valence-electron chi connectivity index (χ3n) is 14.7. The highest BCUT2D eigenvalue weighted by molar-refractivity contribution is 7.99. The molecular formula is C67H44N2S. The summed E-state index contributed by atoms with van der Waals surface area (Å²) in [5, 5.41) is 7.70. The second kappa shape index (κ2) is 16.3. The van der Waals surface area contributed by atoms with Crippen LogP contribution in [-0.4, -0.2) is 0 Å². The minimum Gasteiger partial charge on any atom is -0.311 e. The number of para-hydroxylation sites is 4. The number of hydrogen-bond acceptors (Lipinski definition) is 3. The molecule has 1 aliphatic carbocycles. The molecule has 1 heterocycles. The Balaban J connectivity index is 1.05. The van der Waals surface area contributed by atoms with Crippen LogP contribution >= 0.6 is 11.8 Å². The maximum atomic E-state index is 2.50. The van der Waals surface area contributed by atoms with Crippen LogP contribution in [0.2, 0.25) is 0 Å². The fraction of sp³-hybridized carbons (Fsp3) is 0.0149. The van der Waals surface area contributed by atoms with Gasteiger partial charge in [0, 0.05) is 38.2 Å². The molecule has 0 saturated carbocycles. The number of hydrogen-bond donors (Lipinski definition) is 0. The summed E-state index contributed by atoms with van der Waals surface area (Å²) >= 11 is 1.91. The van der Waals surface area contributed by atoms with Crippen molar-refractivity contribution in [1.82, 2.24) is 0 Å². The van der Waals surface area contributed by atoms with Crippen LogP contribution in [-0.2, 0) is 5.41 Å². The molecule has 0 N–H and O–H groups in total. The molecule has 0 fully saturated rings. The average molecular weight is 909 g/mol. The largest absolute Gasteiger partial charge is 0.311 e. The first kappa shape index (κ1) is 40.4. The highest BCUT2D eigenvalue weighted by atomic mass is 32.2. The fourth-order valence-corrected chi connectivity index (χ4v) is 13.1. The lowest BCUT2D eigenvalue weighted by atomic mass is 9.67. The molecule has 12 aromatic carbocycles. The summed E-state index contributed by atoms with van der Waals surface area (Å²) in [4.78, 5) is 7.33. The lowest BCUT2D eigenvalue weighted by Gasteiger charge is -2.41. The summed E-state index contributed by atoms with van der Waals surface area (Å²) < 4.78 is 0. The van der Waals surface area contributed by atoms with Gasteiger partial charge in [-0.1, -0.05) is 200 Å². The van der Waals surface area contributed by atoms with Gasteiger partial charge in [0.15, 0.2) is 0 Å². The standard InChI is InChI=1S/C67H44N2S/c1-5-20-47(21-6-1)68(48-22-7-2-8-23-48)51-39-37-46(38-40-51)67-60-42-36-45(52-32-19-33-57-55-29-14-13-28-53(55)54-30-15-16-31-56(54)64(52)57)44-59(60)58-41-43-62(66(65(58)67)70-63-35-18-17-34-61(63)67)69(49-24-9-3-10-25-49)50-26-11-4-12-27-50/h1-44H. The van der Waals surface area contributed by atoms with Crippen molar-refractivity contribution in [2.24, 2.45) is 0 Å². The van der Waals surface area contributed by atoms with E-state index in [9.17, 15) is 0 Å². The van der Waals surface area contributed by atoms with E-state index in [1.807, 2.05) is 11.8 Å². The van der Waals surface area contributed by atoms with E-state index in [0.717, 1.165) is 34.1 Å². The van der Waals surface area contributed by atoms with Crippen molar-refractivity contribution in [1.29, 1.82) is 0 Å². The Kier molecular flexibility index (Phi) is 9.40. The summed E-state index contributed by atoms with van der Waals surface area (Å²) in [6.45, 7) is 0. The zero-order chi connectivity index (χ0) is 46.2. The molecule has 328 valence electrons. The molecule has 0 bridgehead atoms. The molecule has 0 radical (unpaired) electrons. The van der Waals surface area contributed by atoms with Crippen LogP contribution in [0.3, 0.4) is 0 Å². The van der Waals surface area contributed by atoms with Crippen molar-refractivity contribution in [3.05, 3.63) is 289 Å². The van der Waals surface area contributed by atoms with Gasteiger partial charge in [-0.2, -0.15) is 0 Å². The summed E-state index contributed by atoms with van der Waals surface area (Å²) in [6, 6.07) is 98.5. The first-order valence-electron chi connectivity index (χ1n) is 24.1. The molecule has 0 amide bonds. The van der Waals surface area contributed by atoms with Crippen molar-refractivity contribution < 1.29 is 0 Å². The van der Waals surface area contributed by atoms with Gasteiger partial charge in [-0.3, -0.25) is 0 Å². The van der Waals surface area contributed by atoms with Gasteiger partial charge in [0.05, 0.1) is 11.1 Å². The van der Waals surface area contributed by atoms with Gasteiger partial charge in [-0.15, -0.1) is 0 Å². The van der Waals surface area contributed by atoms with Gasteiger partial charge in [-0.05, 0) is 156 Å². The first-order valence-corrected chi connectivity index (χ1v) is 24.9. The zero-order valence-electron chi connectivity index (χ0n) is 38.2. The van der Waals surface area contributed by atoms with Gasteiger partial charge in [0.2, 0.25) is 0 Å². The number of benzene rings is 12. The monoisotopic (exact) mass is 908 g/mol. The van der Waals surface area contributed by atoms with Crippen LogP contribution in [0.4, 0.5) is 34.1 Å². The minimum atomic E-state index is -0.625. The van der Waals surface area contributed by atoms with Crippen molar-refractivity contribution in [2.75, 3.05) is 9.80 Å². The zero-order valence-corrected chi connectivity index (χ0v) is 39.0. The van der Waals surface area contributed by atoms with Crippen molar-refractivity contribution >= 4 is 78.2 Å². The van der Waals surface area contributed by atoms with Crippen molar-refractivity contribution in [3.8, 4) is 22.3 Å². The van der Waals surface area contributed by atoms with E-state index in [2.05, 4.69) is 277 Å². The SMILES string of the molecule is c1ccc(N(c2ccccc2)c2ccc(C34c5ccccc5Sc5c(N(c6ccccc6)c6ccccc6)ccc(c53)-c3cc(-c5cccc6c7ccccc7c7ccccc7c56)ccc34)cc2)cc1. The van der Waals surface area contributed by atoms with Crippen LogP contribution < -0.4 is 9.80 Å². The topological polar surface area (TPSA) is 6.48 Å². The van der Waals surface area contributed by atoms with E-state index in [1.165, 1.54) is 86.6 Å². The number of nitrogens with zero attached hydrogens (tertiary/aromatic N) is 2. The Labute approximate surface area is 412 Å². The maximum Gasteiger partial charge on any atom is 0.0736 e. The van der Waals surface area contributed by atoms with E-state index in [4.69, 9.17) is 0 Å². The second-order valence-corrected chi connectivity index (χ2v) is 19.4. The van der Waals surface area contributed by atoms with Crippen LogP contribution in [0.25, 0.3) is 54.6 Å². The van der Waals surface area contributed by atoms with Gasteiger partial charge in [0.25, 0.3) is 0 Å². The molecule has 0 spiro atoms. The lowest BCUT2D eigenvalue weighted by Crippen LogP contribution is -2.32. The highest BCUT2D eigenvalue weighted by Crippen LogP contribution is 2.66. The van der Waals surface area contributed by atoms with Crippen LogP contribution in [0.1, 0.15) is 22.3 Å². The van der Waals surface area contributed by atoms with Gasteiger partial charge in [0.1, 0.15) is 0 Å². The molecule has 14 rings (SSSR count). The van der Waals surface area contributed by atoms with Gasteiger partial charge < -0.3 is 9.80 Å². The van der Waals surface area contributed by atoms with Crippen LogP contribution in [0.5, 0.6) is 0 Å². The molecule has 1 atom stereocenters. The van der Waals surface area contributed by atoms with Crippen molar-refractivity contribution in [3.63, 3.8) is 0 Å². The van der Waals surface area contributed by atoms with Crippen LogP contribution in [0, 0.1) is 0 Å². The quantitative estimate of drug-likeness (QED) is 0.140. The number of fused-ring (bicyclic) bond motifs is 11. The summed E-state index contributed by atoms with van der Waals surface area (Å²) in [5.74, 6) is 0. The molecule has 12 aromatic rings. The molecule has 3 heteroatoms. The molecule has 2 nitrogen and oxygen atoms in total. The Morgan fingerprint density at radius 1 is 0.314 bits per heavy atom. The predicted octanol–water partition coefficient (Wildman–Crippen LogP) is 18.6. The lowest BCUT2D eigenvalue weighted by molar-refractivity contribution is 0.724. The van der Waals surface area contributed by atoms with Crippen LogP contribution in [0.15, 0.2) is 277 Å². The molecule has 70 heavy (non-hydrogen) atoms. The smallest absolute Gasteiger partial charge is 0.0736 e. The first-order chi connectivity index (χ1) is 34.8. The van der Waals surface area contributed by atoms with Gasteiger partial charge in [-0.25, -0.2) is 0 Å². The molecule has 1 unspecified atom stereocenters. The Morgan fingerprint density at radius 3 is 1.40 bits per heavy atom. The predicted molar refractivity (Wildman–Crippen MR) is 295 cm³/mol. The van der Waals surface area contributed by atoms with E-state index >= 15 is 0 Å². The maximum absolute atomic E-state index is 2.50. The number of anilines is 6. The molecule has 2 aliphatic rings. The minimum absolute atomic E-state index is 0.625. The highest BCUT2D eigenvalue weighted by Gasteiger charge is 2.52. The van der Waals surface area contributed by atoms with E-state index in [-0.39, 0.29) is 0 Å². The molecule has 0 aromatic heterocycles. The van der Waals surface area contributed by atoms with E-state index in [1.54, 1.807) is 0 Å². The average Bonchev–Trinajstić information content (AvgIpc) is 3.75. The van der Waals surface area contributed by atoms with E-state index in [0.29, 0.717) is 0 Å². The summed E-state index contributed by atoms with van der Waals surface area (Å²) in [6.07, 6.45) is 0. The summed E-state index contributed by atoms with van der Waals surface area (Å²) in [7, 11) is 0. The Hall–Kier alpha value is -8.63. The fourth-order valence-electron chi connectivity index (χ4n) is 11.8. The second-order valence-electron chi connectivity index (χ2n) is 18.3. The third kappa shape index (κ3) is 6.08. The Morgan fingerprint density at radius 2 is 0.800 bits per heavy atom. The molecule has 1 aliphatic heterocycles. The normalized spacial score (nSPS) is 14.3. The van der Waals surface area contributed by atoms with Crippen molar-refractivity contribution in [2.45, 2.75) is 15.2 Å². The molecular weight excluding hydrogens is 865 g/mol. The third-order valence-corrected chi connectivity index (χ3v) is 15.9. The van der Waals surface area contributed by atoms with Gasteiger partial charge >= 0.3 is 0 Å². The molecule has 0 saturated heterocycles. The summed E-state index contributed by atoms with van der Waals surface area (Å²) in [5.41, 5.74) is 16.3. The van der Waals surface area contributed by atoms with E-state index < -0.39 is 5.41 Å². The number of rotatable bonds is 8.